The van der Waals surface area contributed by atoms with Gasteiger partial charge >= 0.3 is 0 Å². The van der Waals surface area contributed by atoms with Crippen molar-refractivity contribution in [2.75, 3.05) is 7.11 Å². The molecule has 0 heterocycles. The van der Waals surface area contributed by atoms with E-state index in [1.165, 1.54) is 0 Å². The van der Waals surface area contributed by atoms with Crippen molar-refractivity contribution in [1.82, 2.24) is 0 Å². The number of ether oxygens (including phenoxy) is 1. The number of methoxy groups -OCH3 is 1. The number of halogens is 1. The summed E-state index contributed by atoms with van der Waals surface area (Å²) in [6.45, 7) is 0. The lowest BCUT2D eigenvalue weighted by Crippen LogP contribution is -2.14. The Kier molecular flexibility index (Phi) is 5.00. The summed E-state index contributed by atoms with van der Waals surface area (Å²) in [7, 11) is 1.65. The van der Waals surface area contributed by atoms with Crippen molar-refractivity contribution in [2.24, 2.45) is 0 Å². The highest BCUT2D eigenvalue weighted by atomic mass is 79.9. The molecule has 1 N–H and O–H groups in total. The van der Waals surface area contributed by atoms with Crippen LogP contribution in [0.3, 0.4) is 0 Å². The van der Waals surface area contributed by atoms with Gasteiger partial charge in [0.05, 0.1) is 13.2 Å². The first kappa shape index (κ1) is 14.1. The number of benzene rings is 2. The first-order chi connectivity index (χ1) is 9.20. The van der Waals surface area contributed by atoms with Crippen molar-refractivity contribution >= 4 is 15.9 Å². The second kappa shape index (κ2) is 6.73. The Balaban J connectivity index is 2.05. The van der Waals surface area contributed by atoms with Crippen molar-refractivity contribution in [3.05, 3.63) is 64.1 Å². The minimum absolute atomic E-state index is 0.421. The maximum atomic E-state index is 10.2. The number of hydrogen-bond donors (Lipinski definition) is 1. The third-order valence-electron chi connectivity index (χ3n) is 3.06. The fraction of sp³-hybridized carbons (Fsp3) is 0.250. The van der Waals surface area contributed by atoms with E-state index in [0.29, 0.717) is 12.8 Å². The molecule has 0 saturated heterocycles. The Hall–Kier alpha value is -1.32. The smallest absolute Gasteiger partial charge is 0.122 e. The summed E-state index contributed by atoms with van der Waals surface area (Å²) in [5.41, 5.74) is 2.15. The molecule has 1 atom stereocenters. The minimum Gasteiger partial charge on any atom is -0.496 e. The molecule has 100 valence electrons. The van der Waals surface area contributed by atoms with Gasteiger partial charge in [0, 0.05) is 10.9 Å². The van der Waals surface area contributed by atoms with Gasteiger partial charge in [-0.25, -0.2) is 0 Å². The molecular weight excluding hydrogens is 304 g/mol. The van der Waals surface area contributed by atoms with Gasteiger partial charge in [0.25, 0.3) is 0 Å². The van der Waals surface area contributed by atoms with Crippen molar-refractivity contribution in [3.8, 4) is 5.75 Å². The zero-order chi connectivity index (χ0) is 13.7. The second-order valence-electron chi connectivity index (χ2n) is 4.47. The zero-order valence-corrected chi connectivity index (χ0v) is 12.4. The van der Waals surface area contributed by atoms with Crippen molar-refractivity contribution < 1.29 is 9.84 Å². The van der Waals surface area contributed by atoms with Crippen LogP contribution >= 0.6 is 15.9 Å². The molecular formula is C16H17BrO2. The molecule has 2 aromatic rings. The van der Waals surface area contributed by atoms with Crippen LogP contribution in [0.4, 0.5) is 0 Å². The predicted octanol–water partition coefficient (Wildman–Crippen LogP) is 3.60. The number of hydrogen-bond acceptors (Lipinski definition) is 2. The molecule has 2 aromatic carbocycles. The Labute approximate surface area is 122 Å². The highest BCUT2D eigenvalue weighted by Gasteiger charge is 2.11. The maximum absolute atomic E-state index is 10.2. The Bertz CT molecular complexity index is 540. The fourth-order valence-corrected chi connectivity index (χ4v) is 2.56. The van der Waals surface area contributed by atoms with E-state index >= 15 is 0 Å². The van der Waals surface area contributed by atoms with Crippen LogP contribution in [0, 0.1) is 0 Å². The van der Waals surface area contributed by atoms with Crippen LogP contribution in [0.25, 0.3) is 0 Å². The fourth-order valence-electron chi connectivity index (χ4n) is 2.12. The number of aliphatic hydroxyl groups is 1. The van der Waals surface area contributed by atoms with Crippen LogP contribution in [0.15, 0.2) is 53.0 Å². The van der Waals surface area contributed by atoms with Gasteiger partial charge in [-0.1, -0.05) is 52.3 Å². The van der Waals surface area contributed by atoms with E-state index in [4.69, 9.17) is 4.74 Å². The lowest BCUT2D eigenvalue weighted by Gasteiger charge is -2.14. The normalized spacial score (nSPS) is 12.2. The SMILES string of the molecule is COc1ccccc1CC(O)Cc1ccccc1Br. The summed E-state index contributed by atoms with van der Waals surface area (Å²) in [4.78, 5) is 0. The van der Waals surface area contributed by atoms with Gasteiger partial charge in [0.15, 0.2) is 0 Å². The molecule has 0 bridgehead atoms. The highest BCUT2D eigenvalue weighted by Crippen LogP contribution is 2.22. The largest absolute Gasteiger partial charge is 0.496 e. The lowest BCUT2D eigenvalue weighted by molar-refractivity contribution is 0.174. The molecule has 0 aromatic heterocycles. The molecule has 1 unspecified atom stereocenters. The van der Waals surface area contributed by atoms with Gasteiger partial charge in [0.2, 0.25) is 0 Å². The van der Waals surface area contributed by atoms with E-state index in [2.05, 4.69) is 15.9 Å². The van der Waals surface area contributed by atoms with Crippen LogP contribution in [0.1, 0.15) is 11.1 Å². The maximum Gasteiger partial charge on any atom is 0.122 e. The molecule has 0 aliphatic heterocycles. The van der Waals surface area contributed by atoms with Crippen molar-refractivity contribution in [3.63, 3.8) is 0 Å². The molecule has 0 saturated carbocycles. The quantitative estimate of drug-likeness (QED) is 0.912. The van der Waals surface area contributed by atoms with Gasteiger partial charge < -0.3 is 9.84 Å². The summed E-state index contributed by atoms with van der Waals surface area (Å²) in [5.74, 6) is 0.827. The molecule has 0 amide bonds. The molecule has 0 spiro atoms. The van der Waals surface area contributed by atoms with E-state index in [1.807, 2.05) is 48.5 Å². The Morgan fingerprint density at radius 2 is 1.58 bits per heavy atom. The third-order valence-corrected chi connectivity index (χ3v) is 3.84. The van der Waals surface area contributed by atoms with E-state index in [1.54, 1.807) is 7.11 Å². The lowest BCUT2D eigenvalue weighted by atomic mass is 10.0. The van der Waals surface area contributed by atoms with Gasteiger partial charge in [-0.3, -0.25) is 0 Å². The first-order valence-corrected chi connectivity index (χ1v) is 7.03. The van der Waals surface area contributed by atoms with Crippen LogP contribution in [0.5, 0.6) is 5.75 Å². The molecule has 0 fully saturated rings. The van der Waals surface area contributed by atoms with Crippen LogP contribution in [-0.4, -0.2) is 18.3 Å². The first-order valence-electron chi connectivity index (χ1n) is 6.24. The minimum atomic E-state index is -0.421. The monoisotopic (exact) mass is 320 g/mol. The Morgan fingerprint density at radius 3 is 2.26 bits per heavy atom. The number of para-hydroxylation sites is 1. The van der Waals surface area contributed by atoms with Crippen LogP contribution in [-0.2, 0) is 12.8 Å². The third kappa shape index (κ3) is 3.82. The molecule has 3 heteroatoms. The standard InChI is InChI=1S/C16H17BrO2/c1-19-16-9-5-3-7-13(16)11-14(18)10-12-6-2-4-8-15(12)17/h2-9,14,18H,10-11H2,1H3. The van der Waals surface area contributed by atoms with E-state index in [0.717, 1.165) is 21.3 Å². The van der Waals surface area contributed by atoms with Gasteiger partial charge in [-0.05, 0) is 29.7 Å². The van der Waals surface area contributed by atoms with Gasteiger partial charge in [-0.15, -0.1) is 0 Å². The summed E-state index contributed by atoms with van der Waals surface area (Å²) in [6.07, 6.45) is 0.792. The zero-order valence-electron chi connectivity index (χ0n) is 10.8. The van der Waals surface area contributed by atoms with Gasteiger partial charge in [-0.2, -0.15) is 0 Å². The molecule has 0 radical (unpaired) electrons. The average molecular weight is 321 g/mol. The van der Waals surface area contributed by atoms with E-state index in [-0.39, 0.29) is 0 Å². The number of rotatable bonds is 5. The van der Waals surface area contributed by atoms with Gasteiger partial charge in [0.1, 0.15) is 5.75 Å². The van der Waals surface area contributed by atoms with E-state index in [9.17, 15) is 5.11 Å². The summed E-state index contributed by atoms with van der Waals surface area (Å²) < 4.78 is 6.34. The number of aliphatic hydroxyl groups excluding tert-OH is 1. The van der Waals surface area contributed by atoms with Crippen molar-refractivity contribution in [1.29, 1.82) is 0 Å². The predicted molar refractivity (Wildman–Crippen MR) is 80.6 cm³/mol. The topological polar surface area (TPSA) is 29.5 Å². The van der Waals surface area contributed by atoms with Crippen molar-refractivity contribution in [2.45, 2.75) is 18.9 Å². The molecule has 2 nitrogen and oxygen atoms in total. The average Bonchev–Trinajstić information content (AvgIpc) is 2.42. The molecule has 2 rings (SSSR count). The summed E-state index contributed by atoms with van der Waals surface area (Å²) in [6, 6.07) is 15.8. The summed E-state index contributed by atoms with van der Waals surface area (Å²) in [5, 5.41) is 10.2. The summed E-state index contributed by atoms with van der Waals surface area (Å²) >= 11 is 3.50. The molecule has 0 aliphatic carbocycles. The van der Waals surface area contributed by atoms with Crippen LogP contribution in [0.2, 0.25) is 0 Å². The molecule has 19 heavy (non-hydrogen) atoms. The van der Waals surface area contributed by atoms with Crippen LogP contribution < -0.4 is 4.74 Å². The van der Waals surface area contributed by atoms with E-state index < -0.39 is 6.10 Å². The highest BCUT2D eigenvalue weighted by molar-refractivity contribution is 9.10. The Morgan fingerprint density at radius 1 is 1.00 bits per heavy atom. The molecule has 0 aliphatic rings. The second-order valence-corrected chi connectivity index (χ2v) is 5.32.